The van der Waals surface area contributed by atoms with Gasteiger partial charge in [0.15, 0.2) is 0 Å². The van der Waals surface area contributed by atoms with E-state index in [0.29, 0.717) is 17.2 Å². The summed E-state index contributed by atoms with van der Waals surface area (Å²) in [6, 6.07) is 36.5. The van der Waals surface area contributed by atoms with Crippen LogP contribution in [-0.2, 0) is 0 Å². The average Bonchev–Trinajstić information content (AvgIpc) is 3.79. The van der Waals surface area contributed by atoms with Gasteiger partial charge in [0.2, 0.25) is 0 Å². The minimum Gasteiger partial charge on any atom is -0.508 e. The normalized spacial score (nSPS) is 20.9. The molecule has 9 heteroatoms. The summed E-state index contributed by atoms with van der Waals surface area (Å²) in [5.74, 6) is 4.90. The summed E-state index contributed by atoms with van der Waals surface area (Å²) in [4.78, 5) is 0. The molecule has 0 amide bonds. The number of rotatable bonds is 11. The van der Waals surface area contributed by atoms with Gasteiger partial charge >= 0.3 is 0 Å². The van der Waals surface area contributed by atoms with Crippen molar-refractivity contribution in [1.29, 1.82) is 0 Å². The zero-order valence-electron chi connectivity index (χ0n) is 33.6. The summed E-state index contributed by atoms with van der Waals surface area (Å²) in [7, 11) is 11.9. The highest BCUT2D eigenvalue weighted by Crippen LogP contribution is 2.71. The van der Waals surface area contributed by atoms with Crippen LogP contribution in [0.3, 0.4) is 0 Å². The summed E-state index contributed by atoms with van der Waals surface area (Å²) in [6.07, 6.45) is -0.451. The first kappa shape index (κ1) is 37.1. The summed E-state index contributed by atoms with van der Waals surface area (Å²) >= 11 is 0. The van der Waals surface area contributed by atoms with E-state index in [1.807, 2.05) is 48.5 Å². The second kappa shape index (κ2) is 14.8. The van der Waals surface area contributed by atoms with E-state index < -0.39 is 6.10 Å². The minimum atomic E-state index is -0.451. The Morgan fingerprint density at radius 3 is 1.48 bits per heavy atom. The number of ether oxygens (including phenoxy) is 8. The van der Waals surface area contributed by atoms with Crippen molar-refractivity contribution < 1.29 is 43.0 Å². The molecule has 1 aliphatic heterocycles. The lowest BCUT2D eigenvalue weighted by Gasteiger charge is -2.34. The van der Waals surface area contributed by atoms with Crippen LogP contribution >= 0.6 is 0 Å². The lowest BCUT2D eigenvalue weighted by Crippen LogP contribution is -2.21. The van der Waals surface area contributed by atoms with Crippen molar-refractivity contribution in [3.63, 3.8) is 0 Å². The predicted octanol–water partition coefficient (Wildman–Crippen LogP) is 9.88. The van der Waals surface area contributed by atoms with Gasteiger partial charge in [0.05, 0.1) is 55.7 Å². The first-order valence-electron chi connectivity index (χ1n) is 19.3. The smallest absolute Gasteiger partial charge is 0.135 e. The number of hydrogen-bond acceptors (Lipinski definition) is 9. The molecule has 6 atom stereocenters. The maximum Gasteiger partial charge on any atom is 0.135 e. The van der Waals surface area contributed by atoms with Gasteiger partial charge in [-0.1, -0.05) is 36.4 Å². The fraction of sp³-hybridized carbons (Fsp3) is 0.265. The van der Waals surface area contributed by atoms with Crippen LogP contribution in [0.1, 0.15) is 85.8 Å². The van der Waals surface area contributed by atoms with Crippen molar-refractivity contribution in [3.8, 4) is 51.7 Å². The first-order chi connectivity index (χ1) is 28.3. The summed E-state index contributed by atoms with van der Waals surface area (Å²) < 4.78 is 49.2. The molecule has 9 nitrogen and oxygen atoms in total. The molecule has 0 bridgehead atoms. The molecule has 2 aliphatic carbocycles. The highest BCUT2D eigenvalue weighted by Gasteiger charge is 2.56. The number of phenols is 1. The minimum absolute atomic E-state index is 0.156. The second-order valence-electron chi connectivity index (χ2n) is 15.0. The molecule has 58 heavy (non-hydrogen) atoms. The maximum atomic E-state index is 10.4. The van der Waals surface area contributed by atoms with E-state index in [2.05, 4.69) is 48.5 Å². The molecule has 1 heterocycles. The Hall–Kier alpha value is -6.48. The SMILES string of the molecule is COc1ccc([C@H]2c3c(OC)cc(OC)cc3[C@H]3c4c(cc(OC)c5c4[C@@H]2[C@@H](c2ccc(OC)cc2)[C@@H]5c2cc(OC)cc(OC)c2)O[C@@H]3c2ccc(O)cc2)cc1. The van der Waals surface area contributed by atoms with Crippen molar-refractivity contribution in [2.45, 2.75) is 35.7 Å². The molecule has 0 radical (unpaired) electrons. The standard InChI is InChI=1S/C49H46O9/c1-51-31-16-10-26(11-17-31)40-42(29-20-33(53-3)22-34(21-29)54-4)45-38(57-7)25-39-46-44(49(58-39)28-8-14-30(50)15-9-28)36-23-35(55-5)24-37(56-6)43(36)41(47(40)48(45)46)27-12-18-32(52-2)19-13-27/h8-25,40-42,44,47,49-50H,1-7H3/t40-,41-,42-,44-,47+,49+/m0/s1. The molecular weight excluding hydrogens is 733 g/mol. The molecule has 0 saturated heterocycles. The fourth-order valence-corrected chi connectivity index (χ4v) is 9.96. The molecule has 0 spiro atoms. The van der Waals surface area contributed by atoms with E-state index in [9.17, 15) is 5.11 Å². The lowest BCUT2D eigenvalue weighted by molar-refractivity contribution is 0.221. The third-order valence-electron chi connectivity index (χ3n) is 12.4. The van der Waals surface area contributed by atoms with Gasteiger partial charge in [0.1, 0.15) is 57.8 Å². The quantitative estimate of drug-likeness (QED) is 0.138. The third kappa shape index (κ3) is 5.82. The first-order valence-corrected chi connectivity index (χ1v) is 19.3. The van der Waals surface area contributed by atoms with E-state index in [-0.39, 0.29) is 35.3 Å². The van der Waals surface area contributed by atoms with Crippen LogP contribution in [0.5, 0.6) is 51.7 Å². The van der Waals surface area contributed by atoms with Crippen LogP contribution in [0, 0.1) is 0 Å². The number of hydrogen-bond donors (Lipinski definition) is 1. The molecule has 0 saturated carbocycles. The Balaban J connectivity index is 1.45. The van der Waals surface area contributed by atoms with Gasteiger partial charge in [-0.2, -0.15) is 0 Å². The van der Waals surface area contributed by atoms with Gasteiger partial charge in [-0.3, -0.25) is 0 Å². The lowest BCUT2D eigenvalue weighted by atomic mass is 9.69. The van der Waals surface area contributed by atoms with Gasteiger partial charge in [-0.15, -0.1) is 0 Å². The largest absolute Gasteiger partial charge is 0.508 e. The molecule has 0 aromatic heterocycles. The zero-order valence-corrected chi connectivity index (χ0v) is 33.6. The second-order valence-corrected chi connectivity index (χ2v) is 15.0. The van der Waals surface area contributed by atoms with E-state index in [0.717, 1.165) is 73.3 Å². The summed E-state index contributed by atoms with van der Waals surface area (Å²) in [5.41, 5.74) is 9.63. The van der Waals surface area contributed by atoms with Crippen molar-refractivity contribution >= 4 is 0 Å². The Labute approximate surface area is 338 Å². The Bertz CT molecular complexity index is 2450. The van der Waals surface area contributed by atoms with Gasteiger partial charge in [-0.25, -0.2) is 0 Å². The van der Waals surface area contributed by atoms with Crippen LogP contribution in [0.4, 0.5) is 0 Å². The Morgan fingerprint density at radius 2 is 0.914 bits per heavy atom. The Kier molecular flexibility index (Phi) is 9.47. The molecule has 6 aromatic rings. The van der Waals surface area contributed by atoms with Gasteiger partial charge < -0.3 is 43.0 Å². The maximum absolute atomic E-state index is 10.4. The van der Waals surface area contributed by atoms with Crippen molar-refractivity contribution in [1.82, 2.24) is 0 Å². The third-order valence-corrected chi connectivity index (χ3v) is 12.4. The molecule has 3 aliphatic rings. The molecule has 9 rings (SSSR count). The number of methoxy groups -OCH3 is 7. The average molecular weight is 779 g/mol. The number of benzene rings is 6. The monoisotopic (exact) mass is 778 g/mol. The molecular formula is C49H46O9. The molecule has 0 fully saturated rings. The predicted molar refractivity (Wildman–Crippen MR) is 221 cm³/mol. The van der Waals surface area contributed by atoms with Crippen LogP contribution < -0.4 is 37.9 Å². The zero-order chi connectivity index (χ0) is 40.2. The van der Waals surface area contributed by atoms with E-state index in [4.69, 9.17) is 37.9 Å². The highest BCUT2D eigenvalue weighted by atomic mass is 16.5. The Morgan fingerprint density at radius 1 is 0.397 bits per heavy atom. The molecule has 0 unspecified atom stereocenters. The van der Waals surface area contributed by atoms with Gasteiger partial charge in [0.25, 0.3) is 0 Å². The van der Waals surface area contributed by atoms with Gasteiger partial charge in [-0.05, 0) is 88.0 Å². The molecule has 296 valence electrons. The number of fused-ring (bicyclic) bond motifs is 2. The van der Waals surface area contributed by atoms with Crippen molar-refractivity contribution in [3.05, 3.63) is 159 Å². The van der Waals surface area contributed by atoms with Crippen LogP contribution in [0.15, 0.2) is 109 Å². The van der Waals surface area contributed by atoms with Crippen LogP contribution in [0.25, 0.3) is 0 Å². The topological polar surface area (TPSA) is 94.1 Å². The van der Waals surface area contributed by atoms with Crippen LogP contribution in [-0.4, -0.2) is 54.9 Å². The molecule has 1 N–H and O–H groups in total. The highest BCUT2D eigenvalue weighted by molar-refractivity contribution is 5.73. The van der Waals surface area contributed by atoms with Crippen molar-refractivity contribution in [2.24, 2.45) is 0 Å². The summed E-state index contributed by atoms with van der Waals surface area (Å²) in [5, 5.41) is 10.4. The number of phenolic OH excluding ortho intramolecular Hbond substituents is 1. The van der Waals surface area contributed by atoms with Crippen LogP contribution in [0.2, 0.25) is 0 Å². The van der Waals surface area contributed by atoms with E-state index in [1.54, 1.807) is 61.9 Å². The summed E-state index contributed by atoms with van der Waals surface area (Å²) in [6.45, 7) is 0. The molecule has 6 aromatic carbocycles. The van der Waals surface area contributed by atoms with E-state index >= 15 is 0 Å². The van der Waals surface area contributed by atoms with Crippen molar-refractivity contribution in [2.75, 3.05) is 49.8 Å². The number of aromatic hydroxyl groups is 1. The van der Waals surface area contributed by atoms with E-state index in [1.165, 1.54) is 5.56 Å². The van der Waals surface area contributed by atoms with Gasteiger partial charge in [0, 0.05) is 58.6 Å². The fourth-order valence-electron chi connectivity index (χ4n) is 9.96.